The van der Waals surface area contributed by atoms with E-state index in [4.69, 9.17) is 0 Å². The average Bonchev–Trinajstić information content (AvgIpc) is 2.66. The van der Waals surface area contributed by atoms with E-state index in [0.717, 1.165) is 11.7 Å². The van der Waals surface area contributed by atoms with E-state index in [-0.39, 0.29) is 0 Å². The minimum Gasteiger partial charge on any atom is -0.337 e. The van der Waals surface area contributed by atoms with Crippen LogP contribution in [-0.4, -0.2) is 15.6 Å². The molecule has 0 aliphatic carbocycles. The van der Waals surface area contributed by atoms with Gasteiger partial charge < -0.3 is 9.88 Å². The Morgan fingerprint density at radius 1 is 1.31 bits per heavy atom. The van der Waals surface area contributed by atoms with Crippen LogP contribution in [0.2, 0.25) is 0 Å². The highest BCUT2D eigenvalue weighted by molar-refractivity contribution is 4.97. The van der Waals surface area contributed by atoms with E-state index < -0.39 is 0 Å². The number of imidazole rings is 1. The lowest BCUT2D eigenvalue weighted by Crippen LogP contribution is -2.35. The van der Waals surface area contributed by atoms with Gasteiger partial charge in [-0.3, -0.25) is 0 Å². The molecule has 3 heteroatoms. The first-order valence-corrected chi connectivity index (χ1v) is 6.33. The van der Waals surface area contributed by atoms with Crippen molar-refractivity contribution < 1.29 is 0 Å². The fourth-order valence-electron chi connectivity index (χ4n) is 2.40. The third-order valence-corrected chi connectivity index (χ3v) is 3.51. The van der Waals surface area contributed by atoms with E-state index >= 15 is 0 Å². The van der Waals surface area contributed by atoms with E-state index in [1.807, 2.05) is 19.4 Å². The van der Waals surface area contributed by atoms with Crippen LogP contribution in [0, 0.1) is 5.92 Å². The van der Waals surface area contributed by atoms with Crippen molar-refractivity contribution in [3.63, 3.8) is 0 Å². The zero-order valence-electron chi connectivity index (χ0n) is 11.2. The first-order chi connectivity index (χ1) is 7.60. The maximum absolute atomic E-state index is 4.38. The lowest BCUT2D eigenvalue weighted by atomic mass is 9.95. The highest BCUT2D eigenvalue weighted by Crippen LogP contribution is 2.17. The van der Waals surface area contributed by atoms with Crippen molar-refractivity contribution in [2.75, 3.05) is 0 Å². The molecule has 0 bridgehead atoms. The average molecular weight is 223 g/mol. The number of nitrogens with one attached hydrogen (secondary N) is 1. The molecule has 1 aromatic heterocycles. The minimum absolute atomic E-state index is 0.315. The Kier molecular flexibility index (Phi) is 5.00. The molecule has 0 aliphatic heterocycles. The summed E-state index contributed by atoms with van der Waals surface area (Å²) in [6.07, 6.45) is 6.32. The molecule has 16 heavy (non-hydrogen) atoms. The monoisotopic (exact) mass is 223 g/mol. The summed E-state index contributed by atoms with van der Waals surface area (Å²) in [7, 11) is 2.04. The standard InChI is InChI=1S/C13H25N3/c1-6-12(7-2)10(3)15-11(4)13-14-8-9-16(13)5/h8-12,15H,6-7H2,1-5H3. The van der Waals surface area contributed by atoms with Crippen LogP contribution in [0.5, 0.6) is 0 Å². The van der Waals surface area contributed by atoms with E-state index in [1.165, 1.54) is 12.8 Å². The van der Waals surface area contributed by atoms with E-state index in [9.17, 15) is 0 Å². The Balaban J connectivity index is 2.57. The topological polar surface area (TPSA) is 29.9 Å². The van der Waals surface area contributed by atoms with E-state index in [1.54, 1.807) is 0 Å². The largest absolute Gasteiger partial charge is 0.337 e. The highest BCUT2D eigenvalue weighted by Gasteiger charge is 2.18. The Labute approximate surface area is 99.3 Å². The molecular formula is C13H25N3. The molecule has 0 aromatic carbocycles. The quantitative estimate of drug-likeness (QED) is 0.803. The first kappa shape index (κ1) is 13.2. The van der Waals surface area contributed by atoms with Crippen LogP contribution in [0.1, 0.15) is 52.4 Å². The molecule has 0 saturated carbocycles. The highest BCUT2D eigenvalue weighted by atomic mass is 15.1. The van der Waals surface area contributed by atoms with E-state index in [0.29, 0.717) is 12.1 Å². The number of hydrogen-bond donors (Lipinski definition) is 1. The summed E-state index contributed by atoms with van der Waals surface area (Å²) in [5, 5.41) is 3.64. The van der Waals surface area contributed by atoms with Crippen LogP contribution >= 0.6 is 0 Å². The maximum Gasteiger partial charge on any atom is 0.125 e. The van der Waals surface area contributed by atoms with Crippen molar-refractivity contribution >= 4 is 0 Å². The van der Waals surface area contributed by atoms with Crippen molar-refractivity contribution in [3.05, 3.63) is 18.2 Å². The summed E-state index contributed by atoms with van der Waals surface area (Å²) in [5.41, 5.74) is 0. The molecule has 0 fully saturated rings. The molecule has 2 unspecified atom stereocenters. The number of rotatable bonds is 6. The lowest BCUT2D eigenvalue weighted by molar-refractivity contribution is 0.323. The Morgan fingerprint density at radius 2 is 1.94 bits per heavy atom. The maximum atomic E-state index is 4.38. The van der Waals surface area contributed by atoms with Crippen LogP contribution in [0.15, 0.2) is 12.4 Å². The number of hydrogen-bond acceptors (Lipinski definition) is 2. The van der Waals surface area contributed by atoms with Gasteiger partial charge in [-0.15, -0.1) is 0 Å². The third kappa shape index (κ3) is 3.08. The summed E-state index contributed by atoms with van der Waals surface area (Å²) in [6, 6.07) is 0.859. The summed E-state index contributed by atoms with van der Waals surface area (Å²) in [6.45, 7) is 8.98. The second kappa shape index (κ2) is 6.04. The third-order valence-electron chi connectivity index (χ3n) is 3.51. The van der Waals surface area contributed by atoms with Gasteiger partial charge in [-0.25, -0.2) is 4.98 Å². The minimum atomic E-state index is 0.315. The molecule has 1 aromatic rings. The van der Waals surface area contributed by atoms with Crippen molar-refractivity contribution in [1.29, 1.82) is 0 Å². The fraction of sp³-hybridized carbons (Fsp3) is 0.769. The van der Waals surface area contributed by atoms with Gasteiger partial charge in [0.1, 0.15) is 5.82 Å². The predicted molar refractivity (Wildman–Crippen MR) is 68.3 cm³/mol. The van der Waals surface area contributed by atoms with Gasteiger partial charge in [0.25, 0.3) is 0 Å². The second-order valence-corrected chi connectivity index (χ2v) is 4.65. The molecule has 1 heterocycles. The zero-order valence-corrected chi connectivity index (χ0v) is 11.2. The van der Waals surface area contributed by atoms with Gasteiger partial charge in [0.2, 0.25) is 0 Å². The normalized spacial score (nSPS) is 15.4. The SMILES string of the molecule is CCC(CC)C(C)NC(C)c1nccn1C. The van der Waals surface area contributed by atoms with Gasteiger partial charge in [-0.1, -0.05) is 26.7 Å². The Bertz CT molecular complexity index is 302. The van der Waals surface area contributed by atoms with Crippen LogP contribution < -0.4 is 5.32 Å². The van der Waals surface area contributed by atoms with Gasteiger partial charge in [0.05, 0.1) is 6.04 Å². The van der Waals surface area contributed by atoms with Crippen LogP contribution in [0.4, 0.5) is 0 Å². The number of aryl methyl sites for hydroxylation is 1. The van der Waals surface area contributed by atoms with Gasteiger partial charge in [-0.2, -0.15) is 0 Å². The Morgan fingerprint density at radius 3 is 2.38 bits per heavy atom. The van der Waals surface area contributed by atoms with Gasteiger partial charge in [0.15, 0.2) is 0 Å². The van der Waals surface area contributed by atoms with Crippen molar-refractivity contribution in [2.24, 2.45) is 13.0 Å². The molecule has 0 radical (unpaired) electrons. The zero-order chi connectivity index (χ0) is 12.1. The molecular weight excluding hydrogens is 198 g/mol. The molecule has 0 saturated heterocycles. The molecule has 1 N–H and O–H groups in total. The first-order valence-electron chi connectivity index (χ1n) is 6.33. The van der Waals surface area contributed by atoms with Crippen molar-refractivity contribution in [2.45, 2.75) is 52.6 Å². The fourth-order valence-corrected chi connectivity index (χ4v) is 2.40. The molecule has 0 amide bonds. The summed E-state index contributed by atoms with van der Waals surface area (Å²) in [4.78, 5) is 4.38. The van der Waals surface area contributed by atoms with Crippen LogP contribution in [-0.2, 0) is 7.05 Å². The number of aromatic nitrogens is 2. The Hall–Kier alpha value is -0.830. The summed E-state index contributed by atoms with van der Waals surface area (Å²) >= 11 is 0. The smallest absolute Gasteiger partial charge is 0.125 e. The summed E-state index contributed by atoms with van der Waals surface area (Å²) < 4.78 is 2.08. The van der Waals surface area contributed by atoms with Gasteiger partial charge in [-0.05, 0) is 19.8 Å². The summed E-state index contributed by atoms with van der Waals surface area (Å²) in [5.74, 6) is 1.86. The van der Waals surface area contributed by atoms with Crippen molar-refractivity contribution in [3.8, 4) is 0 Å². The van der Waals surface area contributed by atoms with Crippen LogP contribution in [0.3, 0.4) is 0 Å². The molecule has 2 atom stereocenters. The molecule has 0 spiro atoms. The molecule has 3 nitrogen and oxygen atoms in total. The molecule has 1 rings (SSSR count). The van der Waals surface area contributed by atoms with Gasteiger partial charge in [0, 0.05) is 25.5 Å². The van der Waals surface area contributed by atoms with Gasteiger partial charge >= 0.3 is 0 Å². The number of nitrogens with zero attached hydrogens (tertiary/aromatic N) is 2. The molecule has 92 valence electrons. The van der Waals surface area contributed by atoms with Crippen LogP contribution in [0.25, 0.3) is 0 Å². The van der Waals surface area contributed by atoms with E-state index in [2.05, 4.69) is 42.6 Å². The molecule has 0 aliphatic rings. The second-order valence-electron chi connectivity index (χ2n) is 4.65. The lowest BCUT2D eigenvalue weighted by Gasteiger charge is -2.26. The predicted octanol–water partition coefficient (Wildman–Crippen LogP) is 2.90. The van der Waals surface area contributed by atoms with Crippen molar-refractivity contribution in [1.82, 2.24) is 14.9 Å².